The normalized spacial score (nSPS) is 25.5. The molecular formula is C14H26ClN3O2. The second kappa shape index (κ2) is 7.27. The summed E-state index contributed by atoms with van der Waals surface area (Å²) in [5.74, 6) is 0.0571. The molecule has 0 aromatic heterocycles. The summed E-state index contributed by atoms with van der Waals surface area (Å²) in [5.41, 5.74) is 5.65. The van der Waals surface area contributed by atoms with E-state index in [9.17, 15) is 9.59 Å². The average molecular weight is 304 g/mol. The Bertz CT molecular complexity index is 356. The van der Waals surface area contributed by atoms with Crippen molar-refractivity contribution >= 4 is 24.2 Å². The third-order valence-corrected chi connectivity index (χ3v) is 4.29. The minimum atomic E-state index is -0.656. The minimum absolute atomic E-state index is 0. The van der Waals surface area contributed by atoms with Crippen LogP contribution in [0.1, 0.15) is 51.9 Å². The van der Waals surface area contributed by atoms with Crippen molar-refractivity contribution in [2.45, 2.75) is 63.5 Å². The van der Waals surface area contributed by atoms with E-state index in [4.69, 9.17) is 5.73 Å². The molecule has 0 radical (unpaired) electrons. The first-order valence-electron chi connectivity index (χ1n) is 7.37. The zero-order valence-electron chi connectivity index (χ0n) is 12.2. The number of piperidine rings is 1. The van der Waals surface area contributed by atoms with E-state index in [0.717, 1.165) is 45.1 Å². The van der Waals surface area contributed by atoms with Crippen LogP contribution in [0.15, 0.2) is 0 Å². The van der Waals surface area contributed by atoms with Crippen LogP contribution in [0.3, 0.4) is 0 Å². The topological polar surface area (TPSA) is 75.4 Å². The monoisotopic (exact) mass is 303 g/mol. The highest BCUT2D eigenvalue weighted by Crippen LogP contribution is 2.28. The van der Waals surface area contributed by atoms with Crippen LogP contribution in [0.4, 0.5) is 0 Å². The Morgan fingerprint density at radius 2 is 1.85 bits per heavy atom. The summed E-state index contributed by atoms with van der Waals surface area (Å²) >= 11 is 0. The van der Waals surface area contributed by atoms with E-state index in [-0.39, 0.29) is 30.3 Å². The number of nitrogens with two attached hydrogens (primary N) is 1. The molecule has 1 saturated heterocycles. The second-order valence-corrected chi connectivity index (χ2v) is 6.01. The SMILES string of the molecule is CC(=O)NC1CCCN(C(=O)C2(N)CCCCC2)C1.Cl. The molecule has 3 N–H and O–H groups in total. The van der Waals surface area contributed by atoms with Crippen LogP contribution < -0.4 is 11.1 Å². The maximum atomic E-state index is 12.6. The lowest BCUT2D eigenvalue weighted by Crippen LogP contribution is -2.60. The van der Waals surface area contributed by atoms with E-state index in [0.29, 0.717) is 6.54 Å². The van der Waals surface area contributed by atoms with Gasteiger partial charge in [0.2, 0.25) is 11.8 Å². The number of hydrogen-bond donors (Lipinski definition) is 2. The van der Waals surface area contributed by atoms with Crippen LogP contribution in [0.5, 0.6) is 0 Å². The number of nitrogens with zero attached hydrogens (tertiary/aromatic N) is 1. The smallest absolute Gasteiger partial charge is 0.242 e. The molecule has 2 amide bonds. The Labute approximate surface area is 127 Å². The number of nitrogens with one attached hydrogen (secondary N) is 1. The summed E-state index contributed by atoms with van der Waals surface area (Å²) in [6.45, 7) is 2.90. The van der Waals surface area contributed by atoms with Gasteiger partial charge in [0.25, 0.3) is 0 Å². The lowest BCUT2D eigenvalue weighted by atomic mass is 9.81. The summed E-state index contributed by atoms with van der Waals surface area (Å²) in [6.07, 6.45) is 6.76. The molecule has 6 heteroatoms. The van der Waals surface area contributed by atoms with Crippen molar-refractivity contribution in [3.05, 3.63) is 0 Å². The largest absolute Gasteiger partial charge is 0.352 e. The maximum absolute atomic E-state index is 12.6. The van der Waals surface area contributed by atoms with Gasteiger partial charge >= 0.3 is 0 Å². The molecule has 0 aromatic rings. The van der Waals surface area contributed by atoms with Gasteiger partial charge in [0.05, 0.1) is 5.54 Å². The van der Waals surface area contributed by atoms with Gasteiger partial charge in [-0.1, -0.05) is 19.3 Å². The van der Waals surface area contributed by atoms with Crippen molar-refractivity contribution in [3.63, 3.8) is 0 Å². The van der Waals surface area contributed by atoms with Gasteiger partial charge in [0.15, 0.2) is 0 Å². The summed E-state index contributed by atoms with van der Waals surface area (Å²) in [6, 6.07) is 0.0855. The van der Waals surface area contributed by atoms with Gasteiger partial charge in [-0.05, 0) is 25.7 Å². The first-order valence-corrected chi connectivity index (χ1v) is 7.37. The Kier molecular flexibility index (Phi) is 6.27. The van der Waals surface area contributed by atoms with Crippen LogP contribution in [0.25, 0.3) is 0 Å². The lowest BCUT2D eigenvalue weighted by Gasteiger charge is -2.40. The highest BCUT2D eigenvalue weighted by molar-refractivity contribution is 5.86. The van der Waals surface area contributed by atoms with Crippen LogP contribution in [0.2, 0.25) is 0 Å². The fourth-order valence-electron chi connectivity index (χ4n) is 3.28. The van der Waals surface area contributed by atoms with Crippen molar-refractivity contribution in [2.75, 3.05) is 13.1 Å². The van der Waals surface area contributed by atoms with Crippen LogP contribution >= 0.6 is 12.4 Å². The quantitative estimate of drug-likeness (QED) is 0.805. The number of amides is 2. The van der Waals surface area contributed by atoms with E-state index in [1.165, 1.54) is 13.3 Å². The van der Waals surface area contributed by atoms with E-state index in [1.54, 1.807) is 0 Å². The molecule has 116 valence electrons. The van der Waals surface area contributed by atoms with Gasteiger partial charge < -0.3 is 16.0 Å². The van der Waals surface area contributed by atoms with Crippen LogP contribution in [-0.2, 0) is 9.59 Å². The second-order valence-electron chi connectivity index (χ2n) is 6.01. The Morgan fingerprint density at radius 3 is 2.45 bits per heavy atom. The average Bonchev–Trinajstić information content (AvgIpc) is 2.38. The van der Waals surface area contributed by atoms with Gasteiger partial charge in [-0.25, -0.2) is 0 Å². The van der Waals surface area contributed by atoms with Gasteiger partial charge in [-0.2, -0.15) is 0 Å². The number of carbonyl (C=O) groups excluding carboxylic acids is 2. The summed E-state index contributed by atoms with van der Waals surface area (Å²) in [5, 5.41) is 2.91. The number of likely N-dealkylation sites (tertiary alicyclic amines) is 1. The van der Waals surface area contributed by atoms with Crippen molar-refractivity contribution in [3.8, 4) is 0 Å². The predicted octanol–water partition coefficient (Wildman–Crippen LogP) is 1.20. The van der Waals surface area contributed by atoms with Crippen molar-refractivity contribution < 1.29 is 9.59 Å². The fourth-order valence-corrected chi connectivity index (χ4v) is 3.28. The van der Waals surface area contributed by atoms with Gasteiger partial charge in [-0.3, -0.25) is 9.59 Å². The lowest BCUT2D eigenvalue weighted by molar-refractivity contribution is -0.140. The highest BCUT2D eigenvalue weighted by atomic mass is 35.5. The summed E-state index contributed by atoms with van der Waals surface area (Å²) in [4.78, 5) is 25.6. The molecule has 5 nitrogen and oxygen atoms in total. The molecule has 1 atom stereocenters. The maximum Gasteiger partial charge on any atom is 0.242 e. The molecule has 20 heavy (non-hydrogen) atoms. The van der Waals surface area contributed by atoms with Crippen molar-refractivity contribution in [2.24, 2.45) is 5.73 Å². The zero-order chi connectivity index (χ0) is 13.9. The molecule has 2 aliphatic rings. The van der Waals surface area contributed by atoms with E-state index in [2.05, 4.69) is 5.32 Å². The number of rotatable bonds is 2. The van der Waals surface area contributed by atoms with Gasteiger partial charge in [-0.15, -0.1) is 12.4 Å². The molecule has 1 aliphatic carbocycles. The van der Waals surface area contributed by atoms with E-state index in [1.807, 2.05) is 4.90 Å². The fraction of sp³-hybridized carbons (Fsp3) is 0.857. The molecule has 1 unspecified atom stereocenters. The molecule has 0 aromatic carbocycles. The Hall–Kier alpha value is -0.810. The Balaban J connectivity index is 0.00000200. The molecule has 0 spiro atoms. The number of halogens is 1. The zero-order valence-corrected chi connectivity index (χ0v) is 13.0. The molecule has 2 fully saturated rings. The highest BCUT2D eigenvalue weighted by Gasteiger charge is 2.39. The number of hydrogen-bond acceptors (Lipinski definition) is 3. The van der Waals surface area contributed by atoms with Crippen molar-refractivity contribution in [1.82, 2.24) is 10.2 Å². The van der Waals surface area contributed by atoms with Gasteiger partial charge in [0, 0.05) is 26.1 Å². The minimum Gasteiger partial charge on any atom is -0.352 e. The third kappa shape index (κ3) is 4.09. The van der Waals surface area contributed by atoms with E-state index < -0.39 is 5.54 Å². The molecule has 0 bridgehead atoms. The van der Waals surface area contributed by atoms with Crippen LogP contribution in [0, 0.1) is 0 Å². The van der Waals surface area contributed by atoms with E-state index >= 15 is 0 Å². The molecule has 2 rings (SSSR count). The number of carbonyl (C=O) groups is 2. The first-order chi connectivity index (χ1) is 9.01. The van der Waals surface area contributed by atoms with Gasteiger partial charge in [0.1, 0.15) is 0 Å². The molecule has 1 saturated carbocycles. The molecule has 1 heterocycles. The standard InChI is InChI=1S/C14H25N3O2.ClH/c1-11(18)16-12-6-5-9-17(10-12)13(19)14(15)7-3-2-4-8-14;/h12H,2-10,15H2,1H3,(H,16,18);1H. The molecule has 1 aliphatic heterocycles. The van der Waals surface area contributed by atoms with Crippen molar-refractivity contribution in [1.29, 1.82) is 0 Å². The Morgan fingerprint density at radius 1 is 1.20 bits per heavy atom. The summed E-state index contributed by atoms with van der Waals surface area (Å²) < 4.78 is 0. The summed E-state index contributed by atoms with van der Waals surface area (Å²) in [7, 11) is 0. The van der Waals surface area contributed by atoms with Crippen LogP contribution in [-0.4, -0.2) is 41.4 Å². The third-order valence-electron chi connectivity index (χ3n) is 4.29. The first kappa shape index (κ1) is 17.2. The molecular weight excluding hydrogens is 278 g/mol. The predicted molar refractivity (Wildman–Crippen MR) is 80.7 cm³/mol.